The summed E-state index contributed by atoms with van der Waals surface area (Å²) in [6.07, 6.45) is 6.36. The van der Waals surface area contributed by atoms with Crippen molar-refractivity contribution in [3.05, 3.63) is 63.6 Å². The number of esters is 1. The van der Waals surface area contributed by atoms with E-state index in [1.807, 2.05) is 36.4 Å². The lowest BCUT2D eigenvalue weighted by Gasteiger charge is -2.34. The summed E-state index contributed by atoms with van der Waals surface area (Å²) in [7, 11) is 0. The molecular formula is C24H30BrClN2O2. The smallest absolute Gasteiger partial charge is 0.338 e. The largest absolute Gasteiger partial charge is 0.460 e. The number of rotatable bonds is 8. The van der Waals surface area contributed by atoms with E-state index >= 15 is 0 Å². The van der Waals surface area contributed by atoms with Gasteiger partial charge in [-0.05, 0) is 58.6 Å². The molecule has 1 saturated carbocycles. The van der Waals surface area contributed by atoms with E-state index in [0.717, 1.165) is 28.7 Å². The number of hydrogen-bond donors (Lipinski definition) is 1. The van der Waals surface area contributed by atoms with E-state index in [1.165, 1.54) is 32.1 Å². The van der Waals surface area contributed by atoms with Gasteiger partial charge >= 0.3 is 5.97 Å². The number of nitrogens with two attached hydrogens (primary N) is 1. The first-order valence-electron chi connectivity index (χ1n) is 10.7. The predicted molar refractivity (Wildman–Crippen MR) is 127 cm³/mol. The van der Waals surface area contributed by atoms with Gasteiger partial charge in [-0.1, -0.05) is 56.5 Å². The second-order valence-electron chi connectivity index (χ2n) is 7.86. The maximum Gasteiger partial charge on any atom is 0.338 e. The quantitative estimate of drug-likeness (QED) is 0.265. The second-order valence-corrected chi connectivity index (χ2v) is 9.24. The minimum atomic E-state index is -0.390. The molecule has 0 aromatic heterocycles. The van der Waals surface area contributed by atoms with Gasteiger partial charge in [0.25, 0.3) is 0 Å². The zero-order chi connectivity index (χ0) is 21.5. The zero-order valence-corrected chi connectivity index (χ0v) is 19.8. The van der Waals surface area contributed by atoms with E-state index in [9.17, 15) is 4.79 Å². The molecule has 0 aliphatic heterocycles. The molecule has 1 aliphatic rings. The van der Waals surface area contributed by atoms with E-state index in [-0.39, 0.29) is 18.0 Å². The van der Waals surface area contributed by atoms with Crippen molar-refractivity contribution >= 4 is 39.2 Å². The summed E-state index contributed by atoms with van der Waals surface area (Å²) in [6.45, 7) is 3.99. The first-order chi connectivity index (χ1) is 14.5. The molecule has 4 nitrogen and oxygen atoms in total. The van der Waals surface area contributed by atoms with Crippen LogP contribution in [0.3, 0.4) is 0 Å². The Kier molecular flexibility index (Phi) is 8.61. The number of nitrogen functional groups attached to an aromatic ring is 1. The summed E-state index contributed by atoms with van der Waals surface area (Å²) in [5, 5.41) is -0.381. The average Bonchev–Trinajstić information content (AvgIpc) is 2.79. The highest BCUT2D eigenvalue weighted by atomic mass is 79.9. The number of nitrogens with zero attached hydrogens (tertiary/aromatic N) is 1. The fraction of sp³-hybridized carbons (Fsp3) is 0.458. The van der Waals surface area contributed by atoms with Crippen molar-refractivity contribution in [2.45, 2.75) is 57.0 Å². The highest BCUT2D eigenvalue weighted by Crippen LogP contribution is 2.30. The first-order valence-corrected chi connectivity index (χ1v) is 11.9. The number of benzene rings is 2. The van der Waals surface area contributed by atoms with Crippen molar-refractivity contribution in [3.63, 3.8) is 0 Å². The molecule has 1 atom stereocenters. The topological polar surface area (TPSA) is 55.6 Å². The number of anilines is 1. The molecule has 6 heteroatoms. The van der Waals surface area contributed by atoms with Crippen LogP contribution in [0, 0.1) is 0 Å². The van der Waals surface area contributed by atoms with Gasteiger partial charge in [0.1, 0.15) is 6.61 Å². The Labute approximate surface area is 192 Å². The third-order valence-electron chi connectivity index (χ3n) is 5.84. The standard InChI is InChI=1S/C24H30BrClN2O2/c1-2-28(20-11-7-4-8-12-20)15-19-13-18(14-21(25)23(19)27)24(29)30-16-22(26)17-9-5-3-6-10-17/h3,5-6,9-10,13-14,20,22H,2,4,7-8,11-12,15-16,27H2,1H3. The van der Waals surface area contributed by atoms with Gasteiger partial charge in [0.05, 0.1) is 16.6 Å². The molecule has 30 heavy (non-hydrogen) atoms. The van der Waals surface area contributed by atoms with Gasteiger partial charge in [0.2, 0.25) is 0 Å². The van der Waals surface area contributed by atoms with Gasteiger partial charge in [-0.25, -0.2) is 4.79 Å². The molecule has 2 aromatic rings. The Hall–Kier alpha value is -1.56. The van der Waals surface area contributed by atoms with Crippen LogP contribution in [0.1, 0.15) is 65.9 Å². The molecule has 1 unspecified atom stereocenters. The van der Waals surface area contributed by atoms with Crippen LogP contribution in [0.15, 0.2) is 46.9 Å². The predicted octanol–water partition coefficient (Wildman–Crippen LogP) is 6.32. The molecule has 1 aliphatic carbocycles. The molecule has 0 radical (unpaired) electrons. The molecule has 3 rings (SSSR count). The molecular weight excluding hydrogens is 464 g/mol. The lowest BCUT2D eigenvalue weighted by atomic mass is 9.93. The van der Waals surface area contributed by atoms with Crippen LogP contribution in [0.25, 0.3) is 0 Å². The van der Waals surface area contributed by atoms with Crippen LogP contribution in [-0.2, 0) is 11.3 Å². The van der Waals surface area contributed by atoms with Crippen LogP contribution < -0.4 is 5.73 Å². The fourth-order valence-electron chi connectivity index (χ4n) is 4.08. The Morgan fingerprint density at radius 2 is 1.93 bits per heavy atom. The van der Waals surface area contributed by atoms with Crippen LogP contribution in [-0.4, -0.2) is 30.1 Å². The lowest BCUT2D eigenvalue weighted by Crippen LogP contribution is -2.36. The summed E-state index contributed by atoms with van der Waals surface area (Å²) in [5.41, 5.74) is 9.39. The van der Waals surface area contributed by atoms with Crippen molar-refractivity contribution in [2.75, 3.05) is 18.9 Å². The maximum atomic E-state index is 12.7. The van der Waals surface area contributed by atoms with E-state index in [1.54, 1.807) is 6.07 Å². The molecule has 0 spiro atoms. The number of carbonyl (C=O) groups excluding carboxylic acids is 1. The van der Waals surface area contributed by atoms with Crippen LogP contribution in [0.4, 0.5) is 5.69 Å². The van der Waals surface area contributed by atoms with Crippen LogP contribution >= 0.6 is 27.5 Å². The minimum absolute atomic E-state index is 0.116. The number of hydrogen-bond acceptors (Lipinski definition) is 4. The van der Waals surface area contributed by atoms with E-state index in [4.69, 9.17) is 22.1 Å². The van der Waals surface area contributed by atoms with Gasteiger partial charge < -0.3 is 10.5 Å². The van der Waals surface area contributed by atoms with Gasteiger partial charge in [-0.3, -0.25) is 4.90 Å². The molecule has 162 valence electrons. The third kappa shape index (κ3) is 5.99. The Balaban J connectivity index is 1.69. The summed E-state index contributed by atoms with van der Waals surface area (Å²) in [4.78, 5) is 15.2. The SMILES string of the molecule is CCN(Cc1cc(C(=O)OCC(Cl)c2ccccc2)cc(Br)c1N)C1CCCCC1. The zero-order valence-electron chi connectivity index (χ0n) is 17.4. The van der Waals surface area contributed by atoms with Gasteiger partial charge in [-0.15, -0.1) is 11.6 Å². The van der Waals surface area contributed by atoms with Crippen LogP contribution in [0.2, 0.25) is 0 Å². The highest BCUT2D eigenvalue weighted by molar-refractivity contribution is 9.10. The number of ether oxygens (including phenoxy) is 1. The number of halogens is 2. The van der Waals surface area contributed by atoms with E-state index in [2.05, 4.69) is 27.8 Å². The third-order valence-corrected chi connectivity index (χ3v) is 6.88. The summed E-state index contributed by atoms with van der Waals surface area (Å²) >= 11 is 9.90. The van der Waals surface area contributed by atoms with Crippen molar-refractivity contribution in [1.29, 1.82) is 0 Å². The average molecular weight is 494 g/mol. The Morgan fingerprint density at radius 1 is 1.23 bits per heavy atom. The summed E-state index contributed by atoms with van der Waals surface area (Å²) < 4.78 is 6.22. The van der Waals surface area contributed by atoms with Crippen molar-refractivity contribution < 1.29 is 9.53 Å². The van der Waals surface area contributed by atoms with Gasteiger partial charge in [-0.2, -0.15) is 0 Å². The van der Waals surface area contributed by atoms with E-state index in [0.29, 0.717) is 17.3 Å². The molecule has 0 saturated heterocycles. The molecule has 0 heterocycles. The lowest BCUT2D eigenvalue weighted by molar-refractivity contribution is 0.0504. The second kappa shape index (κ2) is 11.2. The molecule has 1 fully saturated rings. The molecule has 2 N–H and O–H groups in total. The first kappa shape index (κ1) is 23.1. The normalized spacial score (nSPS) is 15.9. The minimum Gasteiger partial charge on any atom is -0.460 e. The fourth-order valence-corrected chi connectivity index (χ4v) is 4.79. The summed E-state index contributed by atoms with van der Waals surface area (Å²) in [5.74, 6) is -0.390. The van der Waals surface area contributed by atoms with Crippen molar-refractivity contribution in [3.8, 4) is 0 Å². The number of alkyl halides is 1. The molecule has 0 amide bonds. The van der Waals surface area contributed by atoms with Crippen molar-refractivity contribution in [2.24, 2.45) is 0 Å². The Bertz CT molecular complexity index is 841. The van der Waals surface area contributed by atoms with Crippen molar-refractivity contribution in [1.82, 2.24) is 4.90 Å². The maximum absolute atomic E-state index is 12.7. The number of carbonyl (C=O) groups is 1. The van der Waals surface area contributed by atoms with Gasteiger partial charge in [0.15, 0.2) is 0 Å². The highest BCUT2D eigenvalue weighted by Gasteiger charge is 2.22. The molecule has 0 bridgehead atoms. The Morgan fingerprint density at radius 3 is 2.60 bits per heavy atom. The molecule has 2 aromatic carbocycles. The van der Waals surface area contributed by atoms with Gasteiger partial charge in [0, 0.05) is 17.1 Å². The monoisotopic (exact) mass is 492 g/mol. The van der Waals surface area contributed by atoms with E-state index < -0.39 is 0 Å². The summed E-state index contributed by atoms with van der Waals surface area (Å²) in [6, 6.07) is 13.8. The van der Waals surface area contributed by atoms with Crippen LogP contribution in [0.5, 0.6) is 0 Å².